The van der Waals surface area contributed by atoms with Crippen LogP contribution in [0.2, 0.25) is 10.0 Å². The first-order valence-corrected chi connectivity index (χ1v) is 6.88. The molecule has 0 unspecified atom stereocenters. The molecule has 0 atom stereocenters. The number of carbonyl (C=O) groups excluding carboxylic acids is 1. The van der Waals surface area contributed by atoms with Gasteiger partial charge in [0.1, 0.15) is 0 Å². The third kappa shape index (κ3) is 6.12. The van der Waals surface area contributed by atoms with Crippen molar-refractivity contribution in [2.75, 3.05) is 11.9 Å². The Morgan fingerprint density at radius 1 is 1.11 bits per heavy atom. The van der Waals surface area contributed by atoms with Gasteiger partial charge in [0.25, 0.3) is 0 Å². The van der Waals surface area contributed by atoms with Gasteiger partial charge in [-0.05, 0) is 24.6 Å². The van der Waals surface area contributed by atoms with Crippen LogP contribution in [0.5, 0.6) is 0 Å². The monoisotopic (exact) mass is 288 g/mol. The Bertz CT molecular complexity index is 376. The summed E-state index contributed by atoms with van der Waals surface area (Å²) >= 11 is 11.7. The van der Waals surface area contributed by atoms with E-state index >= 15 is 0 Å². The summed E-state index contributed by atoms with van der Waals surface area (Å²) < 4.78 is 0. The van der Waals surface area contributed by atoms with Gasteiger partial charge in [-0.3, -0.25) is 0 Å². The summed E-state index contributed by atoms with van der Waals surface area (Å²) in [4.78, 5) is 11.6. The molecule has 0 aliphatic rings. The highest BCUT2D eigenvalue weighted by atomic mass is 35.5. The largest absolute Gasteiger partial charge is 0.338 e. The summed E-state index contributed by atoms with van der Waals surface area (Å²) in [5.41, 5.74) is 0.596. The van der Waals surface area contributed by atoms with Crippen LogP contribution in [0, 0.1) is 0 Å². The number of hydrogen-bond donors (Lipinski definition) is 2. The van der Waals surface area contributed by atoms with Crippen molar-refractivity contribution in [1.29, 1.82) is 0 Å². The van der Waals surface area contributed by atoms with Crippen LogP contribution in [0.3, 0.4) is 0 Å². The van der Waals surface area contributed by atoms with Crippen LogP contribution in [0.1, 0.15) is 32.6 Å². The van der Waals surface area contributed by atoms with Crippen molar-refractivity contribution in [3.8, 4) is 0 Å². The molecule has 1 aromatic rings. The Hall–Kier alpha value is -0.930. The lowest BCUT2D eigenvalue weighted by atomic mass is 10.2. The van der Waals surface area contributed by atoms with E-state index in [1.54, 1.807) is 18.2 Å². The molecule has 1 aromatic carbocycles. The third-order valence-corrected chi connectivity index (χ3v) is 2.87. The van der Waals surface area contributed by atoms with Crippen molar-refractivity contribution in [1.82, 2.24) is 5.32 Å². The minimum Gasteiger partial charge on any atom is -0.338 e. The number of anilines is 1. The van der Waals surface area contributed by atoms with Crippen LogP contribution in [0.25, 0.3) is 0 Å². The van der Waals surface area contributed by atoms with Crippen molar-refractivity contribution in [2.45, 2.75) is 32.6 Å². The zero-order valence-electron chi connectivity index (χ0n) is 10.4. The second-order valence-corrected chi connectivity index (χ2v) is 4.97. The molecular formula is C13H18Cl2N2O. The SMILES string of the molecule is CCCCCCNC(=O)Nc1cc(Cl)cc(Cl)c1. The highest BCUT2D eigenvalue weighted by Gasteiger charge is 2.03. The van der Waals surface area contributed by atoms with Crippen molar-refractivity contribution < 1.29 is 4.79 Å². The molecule has 0 fully saturated rings. The van der Waals surface area contributed by atoms with Crippen LogP contribution >= 0.6 is 23.2 Å². The smallest absolute Gasteiger partial charge is 0.319 e. The van der Waals surface area contributed by atoms with Crippen LogP contribution in [-0.4, -0.2) is 12.6 Å². The average Bonchev–Trinajstić information content (AvgIpc) is 2.27. The van der Waals surface area contributed by atoms with Crippen LogP contribution in [0.15, 0.2) is 18.2 Å². The first kappa shape index (κ1) is 15.1. The molecule has 0 spiro atoms. The van der Waals surface area contributed by atoms with Crippen molar-refractivity contribution in [3.63, 3.8) is 0 Å². The summed E-state index contributed by atoms with van der Waals surface area (Å²) in [7, 11) is 0. The Labute approximate surface area is 118 Å². The molecule has 100 valence electrons. The molecule has 0 aliphatic carbocycles. The number of carbonyl (C=O) groups is 1. The predicted octanol–water partition coefficient (Wildman–Crippen LogP) is 4.70. The molecule has 0 bridgehead atoms. The van der Waals surface area contributed by atoms with E-state index in [1.165, 1.54) is 12.8 Å². The Morgan fingerprint density at radius 3 is 2.39 bits per heavy atom. The number of hydrogen-bond acceptors (Lipinski definition) is 1. The normalized spacial score (nSPS) is 10.2. The summed E-state index contributed by atoms with van der Waals surface area (Å²) in [6, 6.07) is 4.70. The van der Waals surface area contributed by atoms with E-state index in [-0.39, 0.29) is 6.03 Å². The van der Waals surface area contributed by atoms with Gasteiger partial charge >= 0.3 is 6.03 Å². The summed E-state index contributed by atoms with van der Waals surface area (Å²) in [6.07, 6.45) is 4.53. The van der Waals surface area contributed by atoms with Gasteiger partial charge in [0, 0.05) is 22.3 Å². The third-order valence-electron chi connectivity index (χ3n) is 2.44. The molecular weight excluding hydrogens is 271 g/mol. The highest BCUT2D eigenvalue weighted by Crippen LogP contribution is 2.22. The average molecular weight is 289 g/mol. The number of unbranched alkanes of at least 4 members (excludes halogenated alkanes) is 3. The molecule has 0 saturated carbocycles. The second kappa shape index (κ2) is 8.22. The van der Waals surface area contributed by atoms with E-state index in [0.29, 0.717) is 22.3 Å². The number of amides is 2. The van der Waals surface area contributed by atoms with E-state index in [4.69, 9.17) is 23.2 Å². The minimum absolute atomic E-state index is 0.232. The van der Waals surface area contributed by atoms with E-state index in [2.05, 4.69) is 17.6 Å². The highest BCUT2D eigenvalue weighted by molar-refractivity contribution is 6.35. The molecule has 0 heterocycles. The molecule has 0 saturated heterocycles. The number of rotatable bonds is 6. The van der Waals surface area contributed by atoms with E-state index in [0.717, 1.165) is 12.8 Å². The molecule has 3 nitrogen and oxygen atoms in total. The minimum atomic E-state index is -0.232. The number of halogens is 2. The van der Waals surface area contributed by atoms with Gasteiger partial charge in [0.15, 0.2) is 0 Å². The molecule has 1 rings (SSSR count). The summed E-state index contributed by atoms with van der Waals surface area (Å²) in [5.74, 6) is 0. The van der Waals surface area contributed by atoms with Crippen LogP contribution in [0.4, 0.5) is 10.5 Å². The molecule has 0 aliphatic heterocycles. The Balaban J connectivity index is 2.31. The first-order chi connectivity index (χ1) is 8.61. The zero-order chi connectivity index (χ0) is 13.4. The number of benzene rings is 1. The maximum absolute atomic E-state index is 11.6. The topological polar surface area (TPSA) is 41.1 Å². The maximum atomic E-state index is 11.6. The second-order valence-electron chi connectivity index (χ2n) is 4.10. The van der Waals surface area contributed by atoms with Gasteiger partial charge < -0.3 is 10.6 Å². The van der Waals surface area contributed by atoms with Gasteiger partial charge in [0.05, 0.1) is 0 Å². The van der Waals surface area contributed by atoms with Gasteiger partial charge in [-0.15, -0.1) is 0 Å². The standard InChI is InChI=1S/C13H18Cl2N2O/c1-2-3-4-5-6-16-13(18)17-12-8-10(14)7-11(15)9-12/h7-9H,2-6H2,1H3,(H2,16,17,18). The van der Waals surface area contributed by atoms with Crippen molar-refractivity contribution in [2.24, 2.45) is 0 Å². The lowest BCUT2D eigenvalue weighted by Gasteiger charge is -2.08. The predicted molar refractivity (Wildman–Crippen MR) is 77.6 cm³/mol. The zero-order valence-corrected chi connectivity index (χ0v) is 11.9. The van der Waals surface area contributed by atoms with Gasteiger partial charge in [-0.25, -0.2) is 4.79 Å². The molecule has 2 amide bonds. The maximum Gasteiger partial charge on any atom is 0.319 e. The molecule has 5 heteroatoms. The molecule has 0 aromatic heterocycles. The Kier molecular flexibility index (Phi) is 6.91. The van der Waals surface area contributed by atoms with Crippen molar-refractivity contribution in [3.05, 3.63) is 28.2 Å². The molecule has 2 N–H and O–H groups in total. The van der Waals surface area contributed by atoms with Crippen LogP contribution in [-0.2, 0) is 0 Å². The molecule has 18 heavy (non-hydrogen) atoms. The first-order valence-electron chi connectivity index (χ1n) is 6.12. The van der Waals surface area contributed by atoms with Gasteiger partial charge in [0.2, 0.25) is 0 Å². The molecule has 0 radical (unpaired) electrons. The quantitative estimate of drug-likeness (QED) is 0.732. The summed E-state index contributed by atoms with van der Waals surface area (Å²) in [6.45, 7) is 2.84. The fourth-order valence-corrected chi connectivity index (χ4v) is 2.08. The van der Waals surface area contributed by atoms with Crippen molar-refractivity contribution >= 4 is 34.9 Å². The Morgan fingerprint density at radius 2 is 1.78 bits per heavy atom. The lowest BCUT2D eigenvalue weighted by molar-refractivity contribution is 0.252. The lowest BCUT2D eigenvalue weighted by Crippen LogP contribution is -2.29. The van der Waals surface area contributed by atoms with E-state index in [9.17, 15) is 4.79 Å². The fraction of sp³-hybridized carbons (Fsp3) is 0.462. The fourth-order valence-electron chi connectivity index (χ4n) is 1.55. The number of urea groups is 1. The van der Waals surface area contributed by atoms with Gasteiger partial charge in [-0.1, -0.05) is 49.4 Å². The number of nitrogens with one attached hydrogen (secondary N) is 2. The van der Waals surface area contributed by atoms with E-state index < -0.39 is 0 Å². The summed E-state index contributed by atoms with van der Waals surface area (Å²) in [5, 5.41) is 6.49. The van der Waals surface area contributed by atoms with Crippen LogP contribution < -0.4 is 10.6 Å². The van der Waals surface area contributed by atoms with E-state index in [1.807, 2.05) is 0 Å². The van der Waals surface area contributed by atoms with Gasteiger partial charge in [-0.2, -0.15) is 0 Å².